The zero-order valence-electron chi connectivity index (χ0n) is 16.8. The van der Waals surface area contributed by atoms with E-state index in [4.69, 9.17) is 14.6 Å². The highest BCUT2D eigenvalue weighted by Crippen LogP contribution is 2.46. The van der Waals surface area contributed by atoms with Gasteiger partial charge >= 0.3 is 0 Å². The minimum absolute atomic E-state index is 0.0408. The largest absolute Gasteiger partial charge is 0.396 e. The van der Waals surface area contributed by atoms with E-state index >= 15 is 0 Å². The second-order valence-corrected chi connectivity index (χ2v) is 8.19. The van der Waals surface area contributed by atoms with Gasteiger partial charge < -0.3 is 24.8 Å². The predicted molar refractivity (Wildman–Crippen MR) is 106 cm³/mol. The van der Waals surface area contributed by atoms with Crippen LogP contribution in [0.25, 0.3) is 0 Å². The van der Waals surface area contributed by atoms with Crippen molar-refractivity contribution in [3.05, 3.63) is 24.8 Å². The third-order valence-corrected chi connectivity index (χ3v) is 5.80. The Balaban J connectivity index is 1.80. The number of aliphatic hydroxyl groups is 3. The SMILES string of the molecule is C=CCCCC(O)CC(O)CCC12CCC(C)C(O1)C(CC=CCCO)O2. The zero-order chi connectivity index (χ0) is 19.7. The molecule has 0 aromatic carbocycles. The van der Waals surface area contributed by atoms with Gasteiger partial charge in [-0.05, 0) is 57.3 Å². The number of fused-ring (bicyclic) bond motifs is 2. The van der Waals surface area contributed by atoms with Crippen molar-refractivity contribution < 1.29 is 24.8 Å². The van der Waals surface area contributed by atoms with Gasteiger partial charge in [0.05, 0.1) is 24.4 Å². The number of rotatable bonds is 13. The van der Waals surface area contributed by atoms with Gasteiger partial charge in [-0.15, -0.1) is 6.58 Å². The molecule has 2 aliphatic rings. The molecule has 0 amide bonds. The number of allylic oxidation sites excluding steroid dienone is 1. The highest BCUT2D eigenvalue weighted by Gasteiger charge is 2.52. The van der Waals surface area contributed by atoms with Gasteiger partial charge in [-0.3, -0.25) is 0 Å². The standard InChI is InChI=1S/C22H38O5/c1-3-4-6-9-18(24)16-19(25)12-14-22-13-11-17(2)21(27-22)20(26-22)10-7-5-8-15-23/h3,5,7,17-21,23-25H,1,4,6,8-16H2,2H3. The Labute approximate surface area is 164 Å². The van der Waals surface area contributed by atoms with Crippen LogP contribution in [0.4, 0.5) is 0 Å². The van der Waals surface area contributed by atoms with E-state index in [2.05, 4.69) is 19.6 Å². The Morgan fingerprint density at radius 2 is 1.93 bits per heavy atom. The van der Waals surface area contributed by atoms with Crippen LogP contribution >= 0.6 is 0 Å². The third kappa shape index (κ3) is 6.99. The molecular weight excluding hydrogens is 344 g/mol. The van der Waals surface area contributed by atoms with Gasteiger partial charge in [0.2, 0.25) is 0 Å². The fraction of sp³-hybridized carbons (Fsp3) is 0.818. The van der Waals surface area contributed by atoms with Gasteiger partial charge in [0.1, 0.15) is 0 Å². The topological polar surface area (TPSA) is 79.2 Å². The molecule has 2 aliphatic heterocycles. The van der Waals surface area contributed by atoms with Crippen LogP contribution in [0.3, 0.4) is 0 Å². The molecule has 6 unspecified atom stereocenters. The second-order valence-electron chi connectivity index (χ2n) is 8.19. The van der Waals surface area contributed by atoms with Gasteiger partial charge in [0.15, 0.2) is 5.79 Å². The van der Waals surface area contributed by atoms with E-state index in [1.54, 1.807) is 0 Å². The summed E-state index contributed by atoms with van der Waals surface area (Å²) in [5.41, 5.74) is 0. The van der Waals surface area contributed by atoms with Crippen molar-refractivity contribution in [3.8, 4) is 0 Å². The molecule has 2 saturated heterocycles. The number of hydrogen-bond donors (Lipinski definition) is 3. The third-order valence-electron chi connectivity index (χ3n) is 5.80. The van der Waals surface area contributed by atoms with E-state index in [1.165, 1.54) is 0 Å². The summed E-state index contributed by atoms with van der Waals surface area (Å²) in [6.45, 7) is 6.06. The Bertz CT molecular complexity index is 466. The molecule has 2 bridgehead atoms. The van der Waals surface area contributed by atoms with Crippen LogP contribution in [0.2, 0.25) is 0 Å². The molecule has 0 saturated carbocycles. The fourth-order valence-corrected chi connectivity index (χ4v) is 4.19. The highest BCUT2D eigenvalue weighted by atomic mass is 16.8. The van der Waals surface area contributed by atoms with Crippen LogP contribution in [-0.2, 0) is 9.47 Å². The first-order chi connectivity index (χ1) is 13.0. The lowest BCUT2D eigenvalue weighted by molar-refractivity contribution is -0.208. The van der Waals surface area contributed by atoms with E-state index in [9.17, 15) is 10.2 Å². The summed E-state index contributed by atoms with van der Waals surface area (Å²) in [5.74, 6) is -0.116. The summed E-state index contributed by atoms with van der Waals surface area (Å²) >= 11 is 0. The number of ether oxygens (including phenoxy) is 2. The Morgan fingerprint density at radius 3 is 2.67 bits per heavy atom. The molecule has 6 atom stereocenters. The van der Waals surface area contributed by atoms with Crippen LogP contribution in [0.1, 0.15) is 71.1 Å². The molecule has 0 aromatic rings. The van der Waals surface area contributed by atoms with Crippen LogP contribution in [0.15, 0.2) is 24.8 Å². The number of hydrogen-bond acceptors (Lipinski definition) is 5. The first-order valence-electron chi connectivity index (χ1n) is 10.6. The summed E-state index contributed by atoms with van der Waals surface area (Å²) in [7, 11) is 0. The van der Waals surface area contributed by atoms with Gasteiger partial charge in [-0.2, -0.15) is 0 Å². The summed E-state index contributed by atoms with van der Waals surface area (Å²) in [4.78, 5) is 0. The number of aliphatic hydroxyl groups excluding tert-OH is 3. The molecule has 0 radical (unpaired) electrons. The zero-order valence-corrected chi connectivity index (χ0v) is 16.8. The lowest BCUT2D eigenvalue weighted by Crippen LogP contribution is -2.38. The van der Waals surface area contributed by atoms with Crippen molar-refractivity contribution in [2.75, 3.05) is 6.61 Å². The van der Waals surface area contributed by atoms with Crippen molar-refractivity contribution in [1.82, 2.24) is 0 Å². The first-order valence-corrected chi connectivity index (χ1v) is 10.6. The molecule has 0 aromatic heterocycles. The van der Waals surface area contributed by atoms with Crippen molar-refractivity contribution >= 4 is 0 Å². The van der Waals surface area contributed by atoms with Crippen LogP contribution in [0, 0.1) is 5.92 Å². The summed E-state index contributed by atoms with van der Waals surface area (Å²) in [6.07, 6.45) is 12.6. The van der Waals surface area contributed by atoms with Crippen LogP contribution in [-0.4, -0.2) is 52.1 Å². The van der Waals surface area contributed by atoms with Gasteiger partial charge in [-0.25, -0.2) is 0 Å². The quantitative estimate of drug-likeness (QED) is 0.336. The van der Waals surface area contributed by atoms with Crippen LogP contribution < -0.4 is 0 Å². The predicted octanol–water partition coefficient (Wildman–Crippen LogP) is 3.47. The lowest BCUT2D eigenvalue weighted by Gasteiger charge is -2.35. The summed E-state index contributed by atoms with van der Waals surface area (Å²) in [6, 6.07) is 0. The normalized spacial score (nSPS) is 32.7. The molecule has 0 aliphatic carbocycles. The average molecular weight is 383 g/mol. The van der Waals surface area contributed by atoms with E-state index < -0.39 is 18.0 Å². The van der Waals surface area contributed by atoms with Crippen molar-refractivity contribution in [1.29, 1.82) is 0 Å². The molecule has 0 spiro atoms. The van der Waals surface area contributed by atoms with Crippen molar-refractivity contribution in [3.63, 3.8) is 0 Å². The molecule has 156 valence electrons. The van der Waals surface area contributed by atoms with Gasteiger partial charge in [0.25, 0.3) is 0 Å². The molecule has 2 heterocycles. The summed E-state index contributed by atoms with van der Waals surface area (Å²) in [5, 5.41) is 29.3. The van der Waals surface area contributed by atoms with E-state index in [0.29, 0.717) is 38.0 Å². The van der Waals surface area contributed by atoms with E-state index in [1.807, 2.05) is 12.2 Å². The van der Waals surface area contributed by atoms with E-state index in [0.717, 1.165) is 32.1 Å². The van der Waals surface area contributed by atoms with Crippen LogP contribution in [0.5, 0.6) is 0 Å². The highest BCUT2D eigenvalue weighted by molar-refractivity contribution is 4.97. The monoisotopic (exact) mass is 382 g/mol. The minimum Gasteiger partial charge on any atom is -0.396 e. The van der Waals surface area contributed by atoms with Crippen molar-refractivity contribution in [2.24, 2.45) is 5.92 Å². The second kappa shape index (κ2) is 11.3. The summed E-state index contributed by atoms with van der Waals surface area (Å²) < 4.78 is 12.6. The average Bonchev–Trinajstić information content (AvgIpc) is 2.95. The van der Waals surface area contributed by atoms with Gasteiger partial charge in [0, 0.05) is 19.4 Å². The first kappa shape index (κ1) is 22.6. The lowest BCUT2D eigenvalue weighted by atomic mass is 9.88. The Kier molecular flexibility index (Phi) is 9.46. The molecule has 2 fully saturated rings. The maximum atomic E-state index is 10.3. The molecule has 5 nitrogen and oxygen atoms in total. The maximum Gasteiger partial charge on any atom is 0.169 e. The molecule has 27 heavy (non-hydrogen) atoms. The van der Waals surface area contributed by atoms with Crippen molar-refractivity contribution in [2.45, 2.75) is 101 Å². The molecule has 2 rings (SSSR count). The molecule has 3 N–H and O–H groups in total. The smallest absolute Gasteiger partial charge is 0.169 e. The fourth-order valence-electron chi connectivity index (χ4n) is 4.19. The Hall–Kier alpha value is -0.720. The van der Waals surface area contributed by atoms with Gasteiger partial charge in [-0.1, -0.05) is 25.2 Å². The number of unbranched alkanes of at least 4 members (excludes halogenated alkanes) is 1. The molecular formula is C22H38O5. The Morgan fingerprint density at radius 1 is 1.15 bits per heavy atom. The van der Waals surface area contributed by atoms with E-state index in [-0.39, 0.29) is 18.8 Å². The minimum atomic E-state index is -0.582. The molecule has 5 heteroatoms. The maximum absolute atomic E-state index is 10.3.